The molecule has 1 fully saturated rings. The predicted molar refractivity (Wildman–Crippen MR) is 111 cm³/mol. The molecule has 3 heterocycles. The van der Waals surface area contributed by atoms with Crippen molar-refractivity contribution in [3.8, 4) is 0 Å². The first-order valence-corrected chi connectivity index (χ1v) is 10.3. The third-order valence-corrected chi connectivity index (χ3v) is 6.05. The van der Waals surface area contributed by atoms with Crippen LogP contribution >= 0.6 is 0 Å². The largest absolute Gasteiger partial charge is 0.466 e. The van der Waals surface area contributed by atoms with Gasteiger partial charge in [-0.25, -0.2) is 0 Å². The average molecular weight is 401 g/mol. The SMILES string of the molecule is Cc1cc(C(C)C(=O)N2CCN(C(=O)C(C)c3cc(C)oc3C)[C@@H](C)C2)c(C)o1. The third-order valence-electron chi connectivity index (χ3n) is 6.05. The van der Waals surface area contributed by atoms with Crippen molar-refractivity contribution < 1.29 is 18.4 Å². The number of hydrogen-bond acceptors (Lipinski definition) is 4. The Morgan fingerprint density at radius 1 is 0.897 bits per heavy atom. The molecule has 3 atom stereocenters. The summed E-state index contributed by atoms with van der Waals surface area (Å²) in [5.74, 6) is 2.89. The fraction of sp³-hybridized carbons (Fsp3) is 0.565. The summed E-state index contributed by atoms with van der Waals surface area (Å²) in [5.41, 5.74) is 1.88. The lowest BCUT2D eigenvalue weighted by molar-refractivity contribution is -0.143. The molecule has 0 spiro atoms. The molecule has 0 N–H and O–H groups in total. The van der Waals surface area contributed by atoms with Crippen molar-refractivity contribution in [1.29, 1.82) is 0 Å². The topological polar surface area (TPSA) is 66.9 Å². The van der Waals surface area contributed by atoms with Crippen LogP contribution in [0.3, 0.4) is 0 Å². The summed E-state index contributed by atoms with van der Waals surface area (Å²) >= 11 is 0. The van der Waals surface area contributed by atoms with Gasteiger partial charge >= 0.3 is 0 Å². The monoisotopic (exact) mass is 400 g/mol. The van der Waals surface area contributed by atoms with E-state index in [4.69, 9.17) is 8.83 Å². The van der Waals surface area contributed by atoms with Crippen molar-refractivity contribution >= 4 is 11.8 Å². The molecule has 0 bridgehead atoms. The van der Waals surface area contributed by atoms with Gasteiger partial charge in [0.25, 0.3) is 0 Å². The highest BCUT2D eigenvalue weighted by molar-refractivity contribution is 5.86. The lowest BCUT2D eigenvalue weighted by Crippen LogP contribution is -2.56. The van der Waals surface area contributed by atoms with Crippen LogP contribution in [0.1, 0.15) is 66.8 Å². The number of amides is 2. The first-order chi connectivity index (χ1) is 13.6. The van der Waals surface area contributed by atoms with Crippen LogP contribution in [0.4, 0.5) is 0 Å². The van der Waals surface area contributed by atoms with Gasteiger partial charge in [-0.1, -0.05) is 0 Å². The highest BCUT2D eigenvalue weighted by atomic mass is 16.3. The quantitative estimate of drug-likeness (QED) is 0.776. The minimum absolute atomic E-state index is 0.0321. The molecule has 0 radical (unpaired) electrons. The Morgan fingerprint density at radius 2 is 1.38 bits per heavy atom. The molecule has 158 valence electrons. The Bertz CT molecular complexity index is 910. The second kappa shape index (κ2) is 8.09. The van der Waals surface area contributed by atoms with Gasteiger partial charge in [0.15, 0.2) is 0 Å². The van der Waals surface area contributed by atoms with Crippen LogP contribution in [0.15, 0.2) is 21.0 Å². The Balaban J connectivity index is 1.67. The first kappa shape index (κ1) is 21.2. The van der Waals surface area contributed by atoms with E-state index in [9.17, 15) is 9.59 Å². The van der Waals surface area contributed by atoms with Crippen molar-refractivity contribution in [1.82, 2.24) is 9.80 Å². The minimum atomic E-state index is -0.257. The zero-order valence-electron chi connectivity index (χ0n) is 18.5. The van der Waals surface area contributed by atoms with E-state index in [1.165, 1.54) is 0 Å². The van der Waals surface area contributed by atoms with Gasteiger partial charge < -0.3 is 18.6 Å². The van der Waals surface area contributed by atoms with Crippen LogP contribution in [-0.2, 0) is 9.59 Å². The zero-order chi connectivity index (χ0) is 21.5. The van der Waals surface area contributed by atoms with Gasteiger partial charge in [0, 0.05) is 36.8 Å². The maximum atomic E-state index is 13.1. The van der Waals surface area contributed by atoms with Gasteiger partial charge in [-0.3, -0.25) is 9.59 Å². The molecule has 2 amide bonds. The van der Waals surface area contributed by atoms with Gasteiger partial charge in [-0.2, -0.15) is 0 Å². The predicted octanol–water partition coefficient (Wildman–Crippen LogP) is 4.07. The van der Waals surface area contributed by atoms with Crippen LogP contribution in [0, 0.1) is 27.7 Å². The number of nitrogens with zero attached hydrogens (tertiary/aromatic N) is 2. The maximum absolute atomic E-state index is 13.1. The second-order valence-electron chi connectivity index (χ2n) is 8.35. The molecule has 1 aliphatic rings. The summed E-state index contributed by atoms with van der Waals surface area (Å²) in [6.07, 6.45) is 0. The summed E-state index contributed by atoms with van der Waals surface area (Å²) in [4.78, 5) is 29.9. The van der Waals surface area contributed by atoms with Crippen molar-refractivity contribution in [2.75, 3.05) is 19.6 Å². The van der Waals surface area contributed by atoms with E-state index in [1.54, 1.807) is 0 Å². The Kier molecular flexibility index (Phi) is 5.92. The molecule has 0 saturated carbocycles. The highest BCUT2D eigenvalue weighted by Gasteiger charge is 2.35. The van der Waals surface area contributed by atoms with Crippen molar-refractivity contribution in [3.63, 3.8) is 0 Å². The fourth-order valence-electron chi connectivity index (χ4n) is 4.43. The zero-order valence-corrected chi connectivity index (χ0v) is 18.5. The number of rotatable bonds is 4. The van der Waals surface area contributed by atoms with E-state index in [0.717, 1.165) is 34.2 Å². The number of carbonyl (C=O) groups excluding carboxylic acids is 2. The van der Waals surface area contributed by atoms with E-state index >= 15 is 0 Å². The Labute approximate surface area is 172 Å². The van der Waals surface area contributed by atoms with E-state index in [-0.39, 0.29) is 29.7 Å². The molecule has 0 aliphatic carbocycles. The second-order valence-corrected chi connectivity index (χ2v) is 8.35. The Hall–Kier alpha value is -2.50. The van der Waals surface area contributed by atoms with Crippen LogP contribution in [-0.4, -0.2) is 47.3 Å². The van der Waals surface area contributed by atoms with Crippen LogP contribution in [0.2, 0.25) is 0 Å². The van der Waals surface area contributed by atoms with Gasteiger partial charge in [0.05, 0.1) is 11.8 Å². The molecular formula is C23H32N2O4. The van der Waals surface area contributed by atoms with Crippen molar-refractivity contribution in [2.45, 2.75) is 66.3 Å². The van der Waals surface area contributed by atoms with Gasteiger partial charge in [-0.15, -0.1) is 0 Å². The molecule has 2 aromatic rings. The van der Waals surface area contributed by atoms with Crippen molar-refractivity contribution in [3.05, 3.63) is 46.3 Å². The Morgan fingerprint density at radius 3 is 1.79 bits per heavy atom. The molecule has 6 nitrogen and oxygen atoms in total. The van der Waals surface area contributed by atoms with E-state index < -0.39 is 0 Å². The lowest BCUT2D eigenvalue weighted by atomic mass is 9.97. The lowest BCUT2D eigenvalue weighted by Gasteiger charge is -2.41. The van der Waals surface area contributed by atoms with Gasteiger partial charge in [0.1, 0.15) is 23.0 Å². The molecule has 1 saturated heterocycles. The highest BCUT2D eigenvalue weighted by Crippen LogP contribution is 2.28. The van der Waals surface area contributed by atoms with Gasteiger partial charge in [0.2, 0.25) is 11.8 Å². The average Bonchev–Trinajstić information content (AvgIpc) is 3.19. The number of furan rings is 2. The molecular weight excluding hydrogens is 368 g/mol. The standard InChI is InChI=1S/C23H32N2O4/c1-13-12-24(22(26)16(4)20-10-14(2)28-18(20)6)8-9-25(13)23(27)17(5)21-11-15(3)29-19(21)7/h10-11,13,16-17H,8-9,12H2,1-7H3/t13-,16?,17?/m0/s1. The first-order valence-electron chi connectivity index (χ1n) is 10.3. The number of piperazine rings is 1. The number of aryl methyl sites for hydroxylation is 4. The molecule has 3 rings (SSSR count). The summed E-state index contributed by atoms with van der Waals surface area (Å²) < 4.78 is 11.2. The summed E-state index contributed by atoms with van der Waals surface area (Å²) in [6.45, 7) is 15.1. The smallest absolute Gasteiger partial charge is 0.230 e. The van der Waals surface area contributed by atoms with Crippen molar-refractivity contribution in [2.24, 2.45) is 0 Å². The summed E-state index contributed by atoms with van der Waals surface area (Å²) in [5, 5.41) is 0. The maximum Gasteiger partial charge on any atom is 0.230 e. The molecule has 6 heteroatoms. The molecule has 0 aromatic carbocycles. The molecule has 2 aromatic heterocycles. The van der Waals surface area contributed by atoms with Crippen LogP contribution in [0.25, 0.3) is 0 Å². The number of hydrogen-bond donors (Lipinski definition) is 0. The summed E-state index contributed by atoms with van der Waals surface area (Å²) in [6, 6.07) is 3.85. The normalized spacial score (nSPS) is 19.3. The van der Waals surface area contributed by atoms with Crippen LogP contribution in [0.5, 0.6) is 0 Å². The molecule has 2 unspecified atom stereocenters. The minimum Gasteiger partial charge on any atom is -0.466 e. The van der Waals surface area contributed by atoms with E-state index in [0.29, 0.717) is 19.6 Å². The third kappa shape index (κ3) is 4.11. The fourth-order valence-corrected chi connectivity index (χ4v) is 4.43. The van der Waals surface area contributed by atoms with Crippen LogP contribution < -0.4 is 0 Å². The summed E-state index contributed by atoms with van der Waals surface area (Å²) in [7, 11) is 0. The molecule has 29 heavy (non-hydrogen) atoms. The molecule has 1 aliphatic heterocycles. The van der Waals surface area contributed by atoms with E-state index in [1.807, 2.05) is 70.4 Å². The van der Waals surface area contributed by atoms with Gasteiger partial charge in [-0.05, 0) is 60.6 Å². The van der Waals surface area contributed by atoms with E-state index in [2.05, 4.69) is 0 Å². The number of carbonyl (C=O) groups is 2.